The Morgan fingerprint density at radius 1 is 1.24 bits per heavy atom. The lowest BCUT2D eigenvalue weighted by Gasteiger charge is -2.32. The third-order valence-corrected chi connectivity index (χ3v) is 5.20. The standard InChI is InChI=1S/C19H21FN4O/c20-15-4-1-3-14(11-15)19(25)24-10-2-5-17(24)18-16(12-22-23-18)13-6-8-21-9-7-13/h1,3-4,6-9,11,16-18,22-23H,2,5,10,12H2. The second kappa shape index (κ2) is 6.90. The van der Waals surface area contributed by atoms with E-state index in [0.29, 0.717) is 12.1 Å². The fourth-order valence-corrected chi connectivity index (χ4v) is 4.02. The average Bonchev–Trinajstić information content (AvgIpc) is 3.30. The van der Waals surface area contributed by atoms with Gasteiger partial charge in [-0.2, -0.15) is 0 Å². The van der Waals surface area contributed by atoms with Crippen LogP contribution in [0.3, 0.4) is 0 Å². The lowest BCUT2D eigenvalue weighted by Crippen LogP contribution is -2.49. The topological polar surface area (TPSA) is 57.3 Å². The van der Waals surface area contributed by atoms with E-state index in [0.717, 1.165) is 19.4 Å². The summed E-state index contributed by atoms with van der Waals surface area (Å²) in [5.41, 5.74) is 8.22. The highest BCUT2D eigenvalue weighted by Crippen LogP contribution is 2.32. The van der Waals surface area contributed by atoms with Gasteiger partial charge in [0.05, 0.1) is 0 Å². The smallest absolute Gasteiger partial charge is 0.254 e. The largest absolute Gasteiger partial charge is 0.334 e. The summed E-state index contributed by atoms with van der Waals surface area (Å²) < 4.78 is 13.5. The van der Waals surface area contributed by atoms with Gasteiger partial charge in [-0.25, -0.2) is 4.39 Å². The molecule has 2 aliphatic rings. The average molecular weight is 340 g/mol. The Morgan fingerprint density at radius 3 is 2.88 bits per heavy atom. The van der Waals surface area contributed by atoms with Gasteiger partial charge in [-0.3, -0.25) is 20.6 Å². The van der Waals surface area contributed by atoms with Gasteiger partial charge in [0.15, 0.2) is 0 Å². The van der Waals surface area contributed by atoms with Crippen LogP contribution in [0.4, 0.5) is 4.39 Å². The van der Waals surface area contributed by atoms with E-state index in [1.54, 1.807) is 24.5 Å². The summed E-state index contributed by atoms with van der Waals surface area (Å²) in [5.74, 6) is -0.199. The van der Waals surface area contributed by atoms with Crippen molar-refractivity contribution >= 4 is 5.91 Å². The van der Waals surface area contributed by atoms with Gasteiger partial charge in [0.25, 0.3) is 5.91 Å². The first-order chi connectivity index (χ1) is 12.2. The van der Waals surface area contributed by atoms with Crippen LogP contribution in [0.2, 0.25) is 0 Å². The molecule has 0 aliphatic carbocycles. The summed E-state index contributed by atoms with van der Waals surface area (Å²) in [6, 6.07) is 10.2. The maximum absolute atomic E-state index is 13.5. The van der Waals surface area contributed by atoms with Crippen molar-refractivity contribution in [1.82, 2.24) is 20.7 Å². The molecule has 1 aromatic heterocycles. The third-order valence-electron chi connectivity index (χ3n) is 5.20. The predicted molar refractivity (Wildman–Crippen MR) is 92.4 cm³/mol. The Hall–Kier alpha value is -2.31. The zero-order valence-corrected chi connectivity index (χ0v) is 13.9. The van der Waals surface area contributed by atoms with E-state index < -0.39 is 0 Å². The first-order valence-corrected chi connectivity index (χ1v) is 8.69. The summed E-state index contributed by atoms with van der Waals surface area (Å²) in [6.07, 6.45) is 5.51. The van der Waals surface area contributed by atoms with Gasteiger partial charge >= 0.3 is 0 Å². The number of pyridine rings is 1. The number of hydrogen-bond donors (Lipinski definition) is 2. The number of halogens is 1. The number of carbonyl (C=O) groups excluding carboxylic acids is 1. The van der Waals surface area contributed by atoms with Crippen LogP contribution >= 0.6 is 0 Å². The van der Waals surface area contributed by atoms with Crippen molar-refractivity contribution in [1.29, 1.82) is 0 Å². The molecule has 3 unspecified atom stereocenters. The Balaban J connectivity index is 1.57. The highest BCUT2D eigenvalue weighted by Gasteiger charge is 2.41. The Bertz CT molecular complexity index is 754. The maximum Gasteiger partial charge on any atom is 0.254 e. The van der Waals surface area contributed by atoms with E-state index in [2.05, 4.69) is 15.8 Å². The summed E-state index contributed by atoms with van der Waals surface area (Å²) in [6.45, 7) is 1.52. The number of aromatic nitrogens is 1. The van der Waals surface area contributed by atoms with Crippen LogP contribution in [-0.2, 0) is 0 Å². The van der Waals surface area contributed by atoms with Gasteiger partial charge in [0, 0.05) is 49.0 Å². The number of benzene rings is 1. The van der Waals surface area contributed by atoms with E-state index in [-0.39, 0.29) is 29.7 Å². The van der Waals surface area contributed by atoms with Crippen LogP contribution in [0.1, 0.15) is 34.7 Å². The summed E-state index contributed by atoms with van der Waals surface area (Å²) in [5, 5.41) is 0. The molecule has 1 aromatic carbocycles. The van der Waals surface area contributed by atoms with Crippen LogP contribution in [0.25, 0.3) is 0 Å². The fourth-order valence-electron chi connectivity index (χ4n) is 4.02. The van der Waals surface area contributed by atoms with Crippen LogP contribution < -0.4 is 10.9 Å². The number of rotatable bonds is 3. The van der Waals surface area contributed by atoms with Crippen molar-refractivity contribution in [3.05, 3.63) is 65.7 Å². The molecular weight excluding hydrogens is 319 g/mol. The van der Waals surface area contributed by atoms with Gasteiger partial charge in [-0.05, 0) is 48.7 Å². The predicted octanol–water partition coefficient (Wildman–Crippen LogP) is 2.09. The van der Waals surface area contributed by atoms with Crippen molar-refractivity contribution in [3.8, 4) is 0 Å². The van der Waals surface area contributed by atoms with Crippen molar-refractivity contribution in [2.45, 2.75) is 30.8 Å². The quantitative estimate of drug-likeness (QED) is 0.898. The molecule has 25 heavy (non-hydrogen) atoms. The van der Waals surface area contributed by atoms with E-state index in [1.165, 1.54) is 17.7 Å². The number of nitrogens with zero attached hydrogens (tertiary/aromatic N) is 2. The molecule has 5 nitrogen and oxygen atoms in total. The maximum atomic E-state index is 13.5. The highest BCUT2D eigenvalue weighted by molar-refractivity contribution is 5.94. The van der Waals surface area contributed by atoms with Gasteiger partial charge < -0.3 is 4.90 Å². The minimum absolute atomic E-state index is 0.0870. The minimum Gasteiger partial charge on any atom is -0.334 e. The molecule has 130 valence electrons. The molecule has 0 spiro atoms. The molecule has 4 rings (SSSR count). The fraction of sp³-hybridized carbons (Fsp3) is 0.368. The van der Waals surface area contributed by atoms with E-state index >= 15 is 0 Å². The summed E-state index contributed by atoms with van der Waals surface area (Å²) in [4.78, 5) is 18.9. The molecule has 1 amide bonds. The number of hydrogen-bond acceptors (Lipinski definition) is 4. The van der Waals surface area contributed by atoms with Crippen molar-refractivity contribution in [2.75, 3.05) is 13.1 Å². The molecule has 2 N–H and O–H groups in total. The van der Waals surface area contributed by atoms with Gasteiger partial charge in [0.1, 0.15) is 5.82 Å². The summed E-state index contributed by atoms with van der Waals surface area (Å²) >= 11 is 0. The monoisotopic (exact) mass is 340 g/mol. The van der Waals surface area contributed by atoms with Crippen molar-refractivity contribution in [3.63, 3.8) is 0 Å². The zero-order chi connectivity index (χ0) is 17.2. The first-order valence-electron chi connectivity index (χ1n) is 8.69. The van der Waals surface area contributed by atoms with Crippen LogP contribution in [0, 0.1) is 5.82 Å². The van der Waals surface area contributed by atoms with Gasteiger partial charge in [-0.15, -0.1) is 0 Å². The Morgan fingerprint density at radius 2 is 2.08 bits per heavy atom. The SMILES string of the molecule is O=C(c1cccc(F)c1)N1CCCC1C1NNCC1c1ccncc1. The van der Waals surface area contributed by atoms with Gasteiger partial charge in [0.2, 0.25) is 0 Å². The molecule has 6 heteroatoms. The molecule has 3 heterocycles. The summed E-state index contributed by atoms with van der Waals surface area (Å²) in [7, 11) is 0. The number of amides is 1. The van der Waals surface area contributed by atoms with E-state index in [1.807, 2.05) is 17.0 Å². The molecule has 2 fully saturated rings. The molecule has 0 bridgehead atoms. The van der Waals surface area contributed by atoms with Crippen molar-refractivity contribution in [2.24, 2.45) is 0 Å². The number of likely N-dealkylation sites (tertiary alicyclic amines) is 1. The number of hydrazine groups is 1. The van der Waals surface area contributed by atoms with E-state index in [4.69, 9.17) is 0 Å². The number of carbonyl (C=O) groups is 1. The highest BCUT2D eigenvalue weighted by atomic mass is 19.1. The normalized spacial score (nSPS) is 26.1. The molecule has 0 saturated carbocycles. The van der Waals surface area contributed by atoms with Crippen molar-refractivity contribution < 1.29 is 9.18 Å². The van der Waals surface area contributed by atoms with Crippen LogP contribution in [0.15, 0.2) is 48.8 Å². The molecule has 2 saturated heterocycles. The second-order valence-corrected chi connectivity index (χ2v) is 6.66. The second-order valence-electron chi connectivity index (χ2n) is 6.66. The molecule has 0 radical (unpaired) electrons. The van der Waals surface area contributed by atoms with E-state index in [9.17, 15) is 9.18 Å². The third kappa shape index (κ3) is 3.15. The Labute approximate surface area is 146 Å². The first kappa shape index (κ1) is 16.2. The Kier molecular flexibility index (Phi) is 4.46. The van der Waals surface area contributed by atoms with Gasteiger partial charge in [-0.1, -0.05) is 6.07 Å². The molecule has 2 aromatic rings. The lowest BCUT2D eigenvalue weighted by atomic mass is 9.88. The molecule has 3 atom stereocenters. The molecular formula is C19H21FN4O. The van der Waals surface area contributed by atoms with Crippen LogP contribution in [-0.4, -0.2) is 41.0 Å². The number of nitrogens with one attached hydrogen (secondary N) is 2. The molecule has 2 aliphatic heterocycles. The van der Waals surface area contributed by atoms with Crippen LogP contribution in [0.5, 0.6) is 0 Å². The minimum atomic E-state index is -0.378. The zero-order valence-electron chi connectivity index (χ0n) is 13.9. The lowest BCUT2D eigenvalue weighted by molar-refractivity contribution is 0.0704.